The van der Waals surface area contributed by atoms with E-state index in [2.05, 4.69) is 74.5 Å². The SMILES string of the molecule is CCCCCC(CNC(=O)Nc1c(SCC)cc(C)nc1SCC)c1cc(C)ccc1C. The van der Waals surface area contributed by atoms with E-state index in [0.717, 1.165) is 39.2 Å². The maximum Gasteiger partial charge on any atom is 0.319 e. The van der Waals surface area contributed by atoms with Gasteiger partial charge in [-0.15, -0.1) is 23.5 Å². The molecule has 0 spiro atoms. The number of hydrogen-bond donors (Lipinski definition) is 2. The molecule has 1 aromatic heterocycles. The standard InChI is InChI=1S/C26H39N3OS2/c1-7-10-11-12-21(22-15-18(4)13-14-19(22)5)17-27-26(30)29-24-23(31-8-2)16-20(6)28-25(24)32-9-3/h13-16,21H,7-12,17H2,1-6H3,(H2,27,29,30). The number of thioether (sulfide) groups is 2. The second-order valence-corrected chi connectivity index (χ2v) is 10.8. The molecule has 32 heavy (non-hydrogen) atoms. The topological polar surface area (TPSA) is 54.0 Å². The molecule has 1 atom stereocenters. The molecule has 0 saturated carbocycles. The summed E-state index contributed by atoms with van der Waals surface area (Å²) in [7, 11) is 0. The van der Waals surface area contributed by atoms with Gasteiger partial charge >= 0.3 is 6.03 Å². The molecule has 1 aromatic carbocycles. The van der Waals surface area contributed by atoms with Crippen molar-refractivity contribution >= 4 is 35.2 Å². The highest BCUT2D eigenvalue weighted by Gasteiger charge is 2.18. The highest BCUT2D eigenvalue weighted by Crippen LogP contribution is 2.35. The van der Waals surface area contributed by atoms with Crippen LogP contribution in [0.1, 0.15) is 74.8 Å². The van der Waals surface area contributed by atoms with E-state index in [9.17, 15) is 4.79 Å². The summed E-state index contributed by atoms with van der Waals surface area (Å²) in [5.41, 5.74) is 5.73. The van der Waals surface area contributed by atoms with Gasteiger partial charge in [0.2, 0.25) is 0 Å². The van der Waals surface area contributed by atoms with Crippen molar-refractivity contribution < 1.29 is 4.79 Å². The largest absolute Gasteiger partial charge is 0.337 e. The van der Waals surface area contributed by atoms with Gasteiger partial charge in [0.25, 0.3) is 0 Å². The Morgan fingerprint density at radius 2 is 1.78 bits per heavy atom. The van der Waals surface area contributed by atoms with Crippen LogP contribution in [0, 0.1) is 20.8 Å². The molecule has 2 N–H and O–H groups in total. The molecule has 2 amide bonds. The number of aromatic nitrogens is 1. The van der Waals surface area contributed by atoms with E-state index >= 15 is 0 Å². The van der Waals surface area contributed by atoms with Crippen LogP contribution in [0.3, 0.4) is 0 Å². The molecule has 0 aliphatic carbocycles. The minimum Gasteiger partial charge on any atom is -0.337 e. The minimum absolute atomic E-state index is 0.155. The highest BCUT2D eigenvalue weighted by atomic mass is 32.2. The number of urea groups is 1. The van der Waals surface area contributed by atoms with Gasteiger partial charge in [0.1, 0.15) is 5.03 Å². The van der Waals surface area contributed by atoms with E-state index in [1.165, 1.54) is 36.0 Å². The van der Waals surface area contributed by atoms with E-state index < -0.39 is 0 Å². The zero-order valence-electron chi connectivity index (χ0n) is 20.5. The molecule has 6 heteroatoms. The van der Waals surface area contributed by atoms with E-state index in [1.807, 2.05) is 6.92 Å². The first kappa shape index (κ1) is 26.6. The van der Waals surface area contributed by atoms with Gasteiger partial charge in [-0.2, -0.15) is 0 Å². The number of pyridine rings is 1. The number of benzene rings is 1. The summed E-state index contributed by atoms with van der Waals surface area (Å²) in [6, 6.07) is 8.54. The number of amides is 2. The van der Waals surface area contributed by atoms with Gasteiger partial charge in [0.15, 0.2) is 0 Å². The fourth-order valence-electron chi connectivity index (χ4n) is 3.82. The predicted molar refractivity (Wildman–Crippen MR) is 142 cm³/mol. The van der Waals surface area contributed by atoms with E-state index in [1.54, 1.807) is 23.5 Å². The van der Waals surface area contributed by atoms with Gasteiger partial charge in [-0.3, -0.25) is 0 Å². The van der Waals surface area contributed by atoms with E-state index in [4.69, 9.17) is 0 Å². The lowest BCUT2D eigenvalue weighted by Crippen LogP contribution is -2.33. The quantitative estimate of drug-likeness (QED) is 0.245. The van der Waals surface area contributed by atoms with Crippen LogP contribution < -0.4 is 10.6 Å². The number of carbonyl (C=O) groups is 1. The van der Waals surface area contributed by atoms with Crippen LogP contribution in [0.2, 0.25) is 0 Å². The molecule has 0 saturated heterocycles. The number of carbonyl (C=O) groups excluding carboxylic acids is 1. The lowest BCUT2D eigenvalue weighted by molar-refractivity contribution is 0.251. The second-order valence-electron chi connectivity index (χ2n) is 8.20. The first-order chi connectivity index (χ1) is 15.4. The summed E-state index contributed by atoms with van der Waals surface area (Å²) in [4.78, 5) is 18.7. The van der Waals surface area contributed by atoms with Gasteiger partial charge in [-0.25, -0.2) is 9.78 Å². The van der Waals surface area contributed by atoms with Crippen molar-refractivity contribution in [2.45, 2.75) is 83.1 Å². The van der Waals surface area contributed by atoms with Gasteiger partial charge in [0.05, 0.1) is 5.69 Å². The van der Waals surface area contributed by atoms with Gasteiger partial charge in [0, 0.05) is 23.1 Å². The molecule has 0 radical (unpaired) electrons. The normalized spacial score (nSPS) is 11.9. The number of nitrogens with one attached hydrogen (secondary N) is 2. The van der Waals surface area contributed by atoms with Crippen molar-refractivity contribution in [1.29, 1.82) is 0 Å². The number of anilines is 1. The average molecular weight is 474 g/mol. The third kappa shape index (κ3) is 8.04. The Morgan fingerprint density at radius 1 is 1.03 bits per heavy atom. The number of aryl methyl sites for hydroxylation is 3. The Labute approximate surface area is 203 Å². The molecule has 2 rings (SSSR count). The molecule has 0 aliphatic heterocycles. The molecule has 1 heterocycles. The molecular formula is C26H39N3OS2. The summed E-state index contributed by atoms with van der Waals surface area (Å²) in [5, 5.41) is 7.18. The van der Waals surface area contributed by atoms with Crippen molar-refractivity contribution in [2.24, 2.45) is 0 Å². The molecule has 4 nitrogen and oxygen atoms in total. The lowest BCUT2D eigenvalue weighted by atomic mass is 9.89. The maximum atomic E-state index is 13.0. The summed E-state index contributed by atoms with van der Waals surface area (Å²) >= 11 is 3.41. The molecule has 0 fully saturated rings. The highest BCUT2D eigenvalue weighted by molar-refractivity contribution is 8.00. The predicted octanol–water partition coefficient (Wildman–Crippen LogP) is 7.72. The average Bonchev–Trinajstić information content (AvgIpc) is 2.75. The smallest absolute Gasteiger partial charge is 0.319 e. The van der Waals surface area contributed by atoms with Crippen LogP contribution in [0.4, 0.5) is 10.5 Å². The third-order valence-corrected chi connectivity index (χ3v) is 7.22. The van der Waals surface area contributed by atoms with Gasteiger partial charge in [-0.1, -0.05) is 63.8 Å². The van der Waals surface area contributed by atoms with Crippen LogP contribution >= 0.6 is 23.5 Å². The summed E-state index contributed by atoms with van der Waals surface area (Å²) in [6.45, 7) is 13.4. The van der Waals surface area contributed by atoms with Crippen molar-refractivity contribution in [3.05, 3.63) is 46.6 Å². The minimum atomic E-state index is -0.155. The maximum absolute atomic E-state index is 13.0. The van der Waals surface area contributed by atoms with Crippen molar-refractivity contribution in [1.82, 2.24) is 10.3 Å². The van der Waals surface area contributed by atoms with Crippen LogP contribution in [-0.2, 0) is 0 Å². The van der Waals surface area contributed by atoms with E-state index in [0.29, 0.717) is 12.5 Å². The fraction of sp³-hybridized carbons (Fsp3) is 0.538. The lowest BCUT2D eigenvalue weighted by Gasteiger charge is -2.22. The molecule has 0 aliphatic rings. The Balaban J connectivity index is 2.17. The van der Waals surface area contributed by atoms with Crippen LogP contribution in [0.15, 0.2) is 34.2 Å². The van der Waals surface area contributed by atoms with E-state index in [-0.39, 0.29) is 6.03 Å². The Kier molecular flexibility index (Phi) is 11.5. The van der Waals surface area contributed by atoms with Gasteiger partial charge in [-0.05, 0) is 55.9 Å². The van der Waals surface area contributed by atoms with Crippen LogP contribution in [0.25, 0.3) is 0 Å². The van der Waals surface area contributed by atoms with Crippen molar-refractivity contribution in [3.8, 4) is 0 Å². The molecule has 0 bridgehead atoms. The number of nitrogens with zero attached hydrogens (tertiary/aromatic N) is 1. The molecule has 2 aromatic rings. The summed E-state index contributed by atoms with van der Waals surface area (Å²) in [6.07, 6.45) is 4.67. The summed E-state index contributed by atoms with van der Waals surface area (Å²) < 4.78 is 0. The molecule has 1 unspecified atom stereocenters. The third-order valence-electron chi connectivity index (χ3n) is 5.44. The van der Waals surface area contributed by atoms with Gasteiger partial charge < -0.3 is 10.6 Å². The zero-order valence-corrected chi connectivity index (χ0v) is 22.1. The first-order valence-corrected chi connectivity index (χ1v) is 13.8. The first-order valence-electron chi connectivity index (χ1n) is 11.8. The Hall–Kier alpha value is -1.66. The molecular weight excluding hydrogens is 434 g/mol. The Bertz CT molecular complexity index is 858. The van der Waals surface area contributed by atoms with Crippen molar-refractivity contribution in [3.63, 3.8) is 0 Å². The molecule has 176 valence electrons. The number of unbranched alkanes of at least 4 members (excludes halogenated alkanes) is 2. The number of hydrogen-bond acceptors (Lipinski definition) is 4. The zero-order chi connectivity index (χ0) is 23.5. The fourth-order valence-corrected chi connectivity index (χ4v) is 5.53. The second kappa shape index (κ2) is 13.8. The monoisotopic (exact) mass is 473 g/mol. The number of rotatable bonds is 12. The van der Waals surface area contributed by atoms with Crippen LogP contribution in [0.5, 0.6) is 0 Å². The van der Waals surface area contributed by atoms with Crippen LogP contribution in [-0.4, -0.2) is 29.1 Å². The summed E-state index contributed by atoms with van der Waals surface area (Å²) in [5.74, 6) is 2.18. The Morgan fingerprint density at radius 3 is 2.47 bits per heavy atom. The van der Waals surface area contributed by atoms with Crippen molar-refractivity contribution in [2.75, 3.05) is 23.4 Å².